The number of amides is 1. The van der Waals surface area contributed by atoms with Crippen LogP contribution in [-0.2, 0) is 10.0 Å². The predicted octanol–water partition coefficient (Wildman–Crippen LogP) is 4.67. The number of sulfonamides is 1. The van der Waals surface area contributed by atoms with Crippen molar-refractivity contribution in [1.29, 1.82) is 0 Å². The Labute approximate surface area is 168 Å². The van der Waals surface area contributed by atoms with E-state index >= 15 is 0 Å². The summed E-state index contributed by atoms with van der Waals surface area (Å²) >= 11 is 0. The Morgan fingerprint density at radius 2 is 1.54 bits per heavy atom. The monoisotopic (exact) mass is 402 g/mol. The second kappa shape index (κ2) is 9.34. The lowest BCUT2D eigenvalue weighted by atomic mass is 10.0. The standard InChI is InChI=1S/C22H30N2O3S/c1-6-11-24(12-7-2)28(26,27)20-10-8-9-19(15-20)22(25)23-21-17(4)13-16(3)14-18(21)5/h8-10,13-15H,6-7,11-12H2,1-5H3,(H,23,25). The van der Waals surface area contributed by atoms with Gasteiger partial charge in [-0.1, -0.05) is 37.6 Å². The van der Waals surface area contributed by atoms with E-state index in [1.165, 1.54) is 10.4 Å². The molecule has 0 unspecified atom stereocenters. The fourth-order valence-corrected chi connectivity index (χ4v) is 5.03. The van der Waals surface area contributed by atoms with Gasteiger partial charge < -0.3 is 5.32 Å². The molecular formula is C22H30N2O3S. The second-order valence-corrected chi connectivity index (χ2v) is 9.10. The minimum absolute atomic E-state index is 0.152. The third-order valence-electron chi connectivity index (χ3n) is 4.60. The van der Waals surface area contributed by atoms with Crippen LogP contribution in [0, 0.1) is 20.8 Å². The molecule has 0 aromatic heterocycles. The third-order valence-corrected chi connectivity index (χ3v) is 6.49. The summed E-state index contributed by atoms with van der Waals surface area (Å²) in [5.74, 6) is -0.315. The minimum Gasteiger partial charge on any atom is -0.322 e. The SMILES string of the molecule is CCCN(CCC)S(=O)(=O)c1cccc(C(=O)Nc2c(C)cc(C)cc2C)c1. The van der Waals surface area contributed by atoms with E-state index in [1.807, 2.05) is 46.8 Å². The maximum absolute atomic E-state index is 13.0. The molecule has 0 spiro atoms. The zero-order valence-electron chi connectivity index (χ0n) is 17.4. The largest absolute Gasteiger partial charge is 0.322 e. The van der Waals surface area contributed by atoms with Gasteiger partial charge in [0.05, 0.1) is 4.90 Å². The van der Waals surface area contributed by atoms with Crippen LogP contribution in [0.3, 0.4) is 0 Å². The van der Waals surface area contributed by atoms with Crippen molar-refractivity contribution in [3.8, 4) is 0 Å². The number of carbonyl (C=O) groups is 1. The van der Waals surface area contributed by atoms with E-state index in [4.69, 9.17) is 0 Å². The number of anilines is 1. The van der Waals surface area contributed by atoms with Gasteiger partial charge in [0.25, 0.3) is 5.91 Å². The van der Waals surface area contributed by atoms with Crippen LogP contribution >= 0.6 is 0 Å². The zero-order chi connectivity index (χ0) is 20.9. The molecule has 0 heterocycles. The van der Waals surface area contributed by atoms with Crippen molar-refractivity contribution >= 4 is 21.6 Å². The number of nitrogens with one attached hydrogen (secondary N) is 1. The van der Waals surface area contributed by atoms with E-state index in [0.717, 1.165) is 35.2 Å². The first-order chi connectivity index (χ1) is 13.2. The Morgan fingerprint density at radius 1 is 0.964 bits per heavy atom. The van der Waals surface area contributed by atoms with Gasteiger partial charge in [-0.3, -0.25) is 4.79 Å². The van der Waals surface area contributed by atoms with Crippen LogP contribution in [0.2, 0.25) is 0 Å². The van der Waals surface area contributed by atoms with Gasteiger partial charge >= 0.3 is 0 Å². The van der Waals surface area contributed by atoms with Crippen molar-refractivity contribution in [1.82, 2.24) is 4.31 Å². The number of benzene rings is 2. The van der Waals surface area contributed by atoms with E-state index < -0.39 is 10.0 Å². The molecule has 0 atom stereocenters. The fourth-order valence-electron chi connectivity index (χ4n) is 3.36. The van der Waals surface area contributed by atoms with E-state index in [9.17, 15) is 13.2 Å². The molecule has 1 amide bonds. The van der Waals surface area contributed by atoms with Crippen LogP contribution in [0.25, 0.3) is 0 Å². The van der Waals surface area contributed by atoms with Crippen LogP contribution in [0.5, 0.6) is 0 Å². The highest BCUT2D eigenvalue weighted by molar-refractivity contribution is 7.89. The van der Waals surface area contributed by atoms with Gasteiger partial charge in [-0.15, -0.1) is 0 Å². The average molecular weight is 403 g/mol. The number of aryl methyl sites for hydroxylation is 3. The smallest absolute Gasteiger partial charge is 0.255 e. The molecule has 2 rings (SSSR count). The number of hydrogen-bond acceptors (Lipinski definition) is 3. The summed E-state index contributed by atoms with van der Waals surface area (Å²) in [6.07, 6.45) is 1.48. The molecule has 0 saturated carbocycles. The summed E-state index contributed by atoms with van der Waals surface area (Å²) < 4.78 is 27.5. The molecule has 0 radical (unpaired) electrons. The summed E-state index contributed by atoms with van der Waals surface area (Å²) in [5, 5.41) is 2.93. The highest BCUT2D eigenvalue weighted by Crippen LogP contribution is 2.24. The summed E-state index contributed by atoms with van der Waals surface area (Å²) in [4.78, 5) is 12.9. The van der Waals surface area contributed by atoms with Crippen molar-refractivity contribution in [3.63, 3.8) is 0 Å². The summed E-state index contributed by atoms with van der Waals surface area (Å²) in [5.41, 5.74) is 4.18. The van der Waals surface area contributed by atoms with E-state index in [2.05, 4.69) is 5.32 Å². The van der Waals surface area contributed by atoms with Gasteiger partial charge in [-0.2, -0.15) is 4.31 Å². The van der Waals surface area contributed by atoms with Crippen molar-refractivity contribution in [2.24, 2.45) is 0 Å². The molecule has 0 fully saturated rings. The quantitative estimate of drug-likeness (QED) is 0.697. The molecule has 2 aromatic rings. The molecule has 0 aliphatic heterocycles. The molecule has 0 bridgehead atoms. The predicted molar refractivity (Wildman–Crippen MR) is 114 cm³/mol. The second-order valence-electron chi connectivity index (χ2n) is 7.16. The Morgan fingerprint density at radius 3 is 2.07 bits per heavy atom. The highest BCUT2D eigenvalue weighted by Gasteiger charge is 2.24. The van der Waals surface area contributed by atoms with Gasteiger partial charge in [0.1, 0.15) is 0 Å². The summed E-state index contributed by atoms with van der Waals surface area (Å²) in [6, 6.07) is 10.3. The minimum atomic E-state index is -3.62. The first-order valence-corrected chi connectivity index (χ1v) is 11.1. The Balaban J connectivity index is 2.33. The first-order valence-electron chi connectivity index (χ1n) is 9.70. The molecule has 1 N–H and O–H groups in total. The first kappa shape index (κ1) is 22.1. The highest BCUT2D eigenvalue weighted by atomic mass is 32.2. The lowest BCUT2D eigenvalue weighted by Crippen LogP contribution is -2.32. The van der Waals surface area contributed by atoms with Crippen molar-refractivity contribution < 1.29 is 13.2 Å². The van der Waals surface area contributed by atoms with E-state index in [-0.39, 0.29) is 10.8 Å². The Bertz CT molecular complexity index is 923. The van der Waals surface area contributed by atoms with Gasteiger partial charge in [0, 0.05) is 24.3 Å². The third kappa shape index (κ3) is 5.00. The van der Waals surface area contributed by atoms with Crippen molar-refractivity contribution in [2.45, 2.75) is 52.4 Å². The van der Waals surface area contributed by atoms with Gasteiger partial charge in [0.2, 0.25) is 10.0 Å². The Kier molecular flexibility index (Phi) is 7.38. The molecule has 28 heavy (non-hydrogen) atoms. The summed E-state index contributed by atoms with van der Waals surface area (Å²) in [7, 11) is -3.62. The lowest BCUT2D eigenvalue weighted by molar-refractivity contribution is 0.102. The lowest BCUT2D eigenvalue weighted by Gasteiger charge is -2.21. The molecule has 5 nitrogen and oxygen atoms in total. The van der Waals surface area contributed by atoms with Crippen LogP contribution in [0.1, 0.15) is 53.7 Å². The molecule has 152 valence electrons. The van der Waals surface area contributed by atoms with Crippen LogP contribution in [0.15, 0.2) is 41.3 Å². The average Bonchev–Trinajstić information content (AvgIpc) is 2.64. The number of hydrogen-bond donors (Lipinski definition) is 1. The maximum Gasteiger partial charge on any atom is 0.255 e. The van der Waals surface area contributed by atoms with Gasteiger partial charge in [-0.05, 0) is 62.9 Å². The normalized spacial score (nSPS) is 11.6. The van der Waals surface area contributed by atoms with E-state index in [1.54, 1.807) is 18.2 Å². The number of rotatable bonds is 8. The fraction of sp³-hybridized carbons (Fsp3) is 0.409. The maximum atomic E-state index is 13.0. The van der Waals surface area contributed by atoms with Crippen molar-refractivity contribution in [3.05, 3.63) is 58.7 Å². The molecule has 0 saturated heterocycles. The van der Waals surface area contributed by atoms with Gasteiger partial charge in [-0.25, -0.2) is 8.42 Å². The van der Waals surface area contributed by atoms with Crippen molar-refractivity contribution in [2.75, 3.05) is 18.4 Å². The number of nitrogens with zero attached hydrogens (tertiary/aromatic N) is 1. The molecule has 0 aliphatic rings. The summed E-state index contributed by atoms with van der Waals surface area (Å²) in [6.45, 7) is 10.7. The molecule has 2 aromatic carbocycles. The van der Waals surface area contributed by atoms with Gasteiger partial charge in [0.15, 0.2) is 0 Å². The van der Waals surface area contributed by atoms with Crippen LogP contribution < -0.4 is 5.32 Å². The zero-order valence-corrected chi connectivity index (χ0v) is 18.2. The molecular weight excluding hydrogens is 372 g/mol. The molecule has 6 heteroatoms. The molecule has 0 aliphatic carbocycles. The van der Waals surface area contributed by atoms with E-state index in [0.29, 0.717) is 18.7 Å². The van der Waals surface area contributed by atoms with Crippen LogP contribution in [-0.4, -0.2) is 31.7 Å². The Hall–Kier alpha value is -2.18. The topological polar surface area (TPSA) is 66.5 Å². The number of carbonyl (C=O) groups excluding carboxylic acids is 1. The van der Waals surface area contributed by atoms with Crippen LogP contribution in [0.4, 0.5) is 5.69 Å².